The van der Waals surface area contributed by atoms with E-state index in [1.54, 1.807) is 18.2 Å². The van der Waals surface area contributed by atoms with Crippen LogP contribution in [0.1, 0.15) is 30.6 Å². The van der Waals surface area contributed by atoms with E-state index in [2.05, 4.69) is 21.2 Å². The van der Waals surface area contributed by atoms with Crippen LogP contribution in [0.5, 0.6) is 5.75 Å². The molecule has 0 fully saturated rings. The summed E-state index contributed by atoms with van der Waals surface area (Å²) >= 11 is 3.28. The number of hydrogen-bond acceptors (Lipinski definition) is 3. The Balaban J connectivity index is 2.84. The highest BCUT2D eigenvalue weighted by Gasteiger charge is 2.18. The summed E-state index contributed by atoms with van der Waals surface area (Å²) in [7, 11) is 1.54. The van der Waals surface area contributed by atoms with Gasteiger partial charge >= 0.3 is 0 Å². The van der Waals surface area contributed by atoms with E-state index in [1.807, 2.05) is 13.8 Å². The first kappa shape index (κ1) is 14.7. The van der Waals surface area contributed by atoms with Crippen molar-refractivity contribution in [2.45, 2.75) is 26.3 Å². The third-order valence-electron chi connectivity index (χ3n) is 2.61. The van der Waals surface area contributed by atoms with Crippen molar-refractivity contribution in [3.63, 3.8) is 0 Å². The minimum atomic E-state index is -0.582. The van der Waals surface area contributed by atoms with Gasteiger partial charge in [-0.25, -0.2) is 0 Å². The number of hydrogen-bond donors (Lipinski definition) is 1. The Kier molecular flexibility index (Phi) is 5.34. The number of halogens is 1. The molecule has 0 saturated carbocycles. The van der Waals surface area contributed by atoms with Crippen LogP contribution in [0.15, 0.2) is 22.7 Å². The summed E-state index contributed by atoms with van der Waals surface area (Å²) in [4.78, 5) is 23.5. The Hall–Kier alpha value is -1.36. The van der Waals surface area contributed by atoms with Crippen LogP contribution >= 0.6 is 15.9 Å². The lowest BCUT2D eigenvalue weighted by molar-refractivity contribution is -0.117. The molecule has 0 aliphatic carbocycles. The topological polar surface area (TPSA) is 55.4 Å². The largest absolute Gasteiger partial charge is 0.496 e. The van der Waals surface area contributed by atoms with Gasteiger partial charge in [-0.1, -0.05) is 6.92 Å². The van der Waals surface area contributed by atoms with E-state index >= 15 is 0 Å². The van der Waals surface area contributed by atoms with E-state index in [4.69, 9.17) is 4.74 Å². The molecule has 1 atom stereocenters. The zero-order valence-corrected chi connectivity index (χ0v) is 12.2. The van der Waals surface area contributed by atoms with E-state index in [9.17, 15) is 9.59 Å². The lowest BCUT2D eigenvalue weighted by Gasteiger charge is -2.11. The van der Waals surface area contributed by atoms with Gasteiger partial charge in [0.05, 0.1) is 11.6 Å². The minimum Gasteiger partial charge on any atom is -0.496 e. The van der Waals surface area contributed by atoms with Gasteiger partial charge in [0, 0.05) is 11.6 Å². The average Bonchev–Trinajstić information content (AvgIpc) is 2.37. The van der Waals surface area contributed by atoms with Crippen molar-refractivity contribution in [1.29, 1.82) is 0 Å². The number of ether oxygens (including phenoxy) is 1. The Morgan fingerprint density at radius 1 is 1.44 bits per heavy atom. The van der Waals surface area contributed by atoms with Crippen LogP contribution in [0.2, 0.25) is 0 Å². The Morgan fingerprint density at radius 3 is 2.61 bits per heavy atom. The maximum atomic E-state index is 11.9. The molecule has 0 bridgehead atoms. The Bertz CT molecular complexity index is 460. The number of Topliss-reactive ketones (excluding diaryl/α,β-unsaturated/α-hetero) is 1. The van der Waals surface area contributed by atoms with Gasteiger partial charge in [0.2, 0.25) is 5.78 Å². The third kappa shape index (κ3) is 3.57. The second kappa shape index (κ2) is 6.54. The number of benzene rings is 1. The number of nitrogens with one attached hydrogen (secondary N) is 1. The maximum Gasteiger partial charge on any atom is 0.292 e. The van der Waals surface area contributed by atoms with Crippen molar-refractivity contribution >= 4 is 27.6 Å². The van der Waals surface area contributed by atoms with E-state index < -0.39 is 11.7 Å². The molecule has 0 spiro atoms. The van der Waals surface area contributed by atoms with Gasteiger partial charge in [0.1, 0.15) is 5.75 Å². The zero-order valence-electron chi connectivity index (χ0n) is 10.6. The second-order valence-corrected chi connectivity index (χ2v) is 4.82. The maximum absolute atomic E-state index is 11.9. The molecule has 0 radical (unpaired) electrons. The van der Waals surface area contributed by atoms with E-state index in [-0.39, 0.29) is 6.04 Å². The van der Waals surface area contributed by atoms with Gasteiger partial charge in [-0.05, 0) is 47.5 Å². The molecule has 1 aromatic rings. The highest BCUT2D eigenvalue weighted by Crippen LogP contribution is 2.25. The summed E-state index contributed by atoms with van der Waals surface area (Å²) in [6, 6.07) is 4.79. The van der Waals surface area contributed by atoms with E-state index in [0.29, 0.717) is 15.8 Å². The monoisotopic (exact) mass is 313 g/mol. The molecule has 0 aliphatic heterocycles. The highest BCUT2D eigenvalue weighted by atomic mass is 79.9. The van der Waals surface area contributed by atoms with Crippen LogP contribution in [0.3, 0.4) is 0 Å². The van der Waals surface area contributed by atoms with Crippen molar-refractivity contribution in [1.82, 2.24) is 5.32 Å². The summed E-state index contributed by atoms with van der Waals surface area (Å²) in [5.74, 6) is -0.506. The summed E-state index contributed by atoms with van der Waals surface area (Å²) in [5.41, 5.74) is 0.337. The first-order valence-corrected chi connectivity index (χ1v) is 6.47. The summed E-state index contributed by atoms with van der Waals surface area (Å²) in [6.45, 7) is 3.80. The first-order valence-electron chi connectivity index (χ1n) is 5.68. The van der Waals surface area contributed by atoms with Crippen LogP contribution in [-0.4, -0.2) is 24.8 Å². The molecule has 4 nitrogen and oxygen atoms in total. The molecule has 5 heteroatoms. The van der Waals surface area contributed by atoms with Crippen molar-refractivity contribution in [2.75, 3.05) is 7.11 Å². The predicted molar refractivity (Wildman–Crippen MR) is 72.9 cm³/mol. The molecule has 0 aromatic heterocycles. The van der Waals surface area contributed by atoms with Gasteiger partial charge in [0.25, 0.3) is 5.91 Å². The molecule has 0 heterocycles. The number of ketones is 1. The van der Waals surface area contributed by atoms with Crippen molar-refractivity contribution in [3.8, 4) is 5.75 Å². The molecule has 98 valence electrons. The molecule has 1 rings (SSSR count). The molecule has 1 amide bonds. The molecule has 18 heavy (non-hydrogen) atoms. The fourth-order valence-corrected chi connectivity index (χ4v) is 1.87. The van der Waals surface area contributed by atoms with Crippen molar-refractivity contribution in [3.05, 3.63) is 28.2 Å². The summed E-state index contributed by atoms with van der Waals surface area (Å²) in [6.07, 6.45) is 0.783. The number of amides is 1. The van der Waals surface area contributed by atoms with Crippen LogP contribution in [-0.2, 0) is 4.79 Å². The Morgan fingerprint density at radius 2 is 2.11 bits per heavy atom. The first-order chi connectivity index (χ1) is 8.49. The SMILES string of the molecule is CCC(C)NC(=O)C(=O)c1ccc(OC)c(Br)c1. The summed E-state index contributed by atoms with van der Waals surface area (Å²) in [5, 5.41) is 2.64. The molecular weight excluding hydrogens is 298 g/mol. The molecule has 0 saturated heterocycles. The molecular formula is C13H16BrNO3. The third-order valence-corrected chi connectivity index (χ3v) is 3.23. The summed E-state index contributed by atoms with van der Waals surface area (Å²) < 4.78 is 5.71. The molecule has 1 N–H and O–H groups in total. The van der Waals surface area contributed by atoms with E-state index in [0.717, 1.165) is 6.42 Å². The minimum absolute atomic E-state index is 0.0110. The second-order valence-electron chi connectivity index (χ2n) is 3.96. The standard InChI is InChI=1S/C13H16BrNO3/c1-4-8(2)15-13(17)12(16)9-5-6-11(18-3)10(14)7-9/h5-8H,4H2,1-3H3,(H,15,17). The average molecular weight is 314 g/mol. The fourth-order valence-electron chi connectivity index (χ4n) is 1.33. The molecule has 0 aliphatic rings. The number of carbonyl (C=O) groups excluding carboxylic acids is 2. The van der Waals surface area contributed by atoms with Gasteiger partial charge in [-0.2, -0.15) is 0 Å². The van der Waals surface area contributed by atoms with Gasteiger partial charge < -0.3 is 10.1 Å². The number of methoxy groups -OCH3 is 1. The molecule has 1 unspecified atom stereocenters. The normalized spacial score (nSPS) is 11.8. The zero-order chi connectivity index (χ0) is 13.7. The van der Waals surface area contributed by atoms with Gasteiger partial charge in [-0.3, -0.25) is 9.59 Å². The quantitative estimate of drug-likeness (QED) is 0.671. The van der Waals surface area contributed by atoms with Crippen molar-refractivity contribution in [2.24, 2.45) is 0 Å². The van der Waals surface area contributed by atoms with Gasteiger partial charge in [-0.15, -0.1) is 0 Å². The smallest absolute Gasteiger partial charge is 0.292 e. The highest BCUT2D eigenvalue weighted by molar-refractivity contribution is 9.10. The van der Waals surface area contributed by atoms with Gasteiger partial charge in [0.15, 0.2) is 0 Å². The van der Waals surface area contributed by atoms with Crippen LogP contribution in [0, 0.1) is 0 Å². The van der Waals surface area contributed by atoms with Crippen LogP contribution in [0.25, 0.3) is 0 Å². The Labute approximate surface area is 115 Å². The van der Waals surface area contributed by atoms with E-state index in [1.165, 1.54) is 7.11 Å². The number of carbonyl (C=O) groups is 2. The molecule has 1 aromatic carbocycles. The fraction of sp³-hybridized carbons (Fsp3) is 0.385. The van der Waals surface area contributed by atoms with Crippen LogP contribution < -0.4 is 10.1 Å². The van der Waals surface area contributed by atoms with Crippen molar-refractivity contribution < 1.29 is 14.3 Å². The number of rotatable bonds is 5. The lowest BCUT2D eigenvalue weighted by atomic mass is 10.1. The lowest BCUT2D eigenvalue weighted by Crippen LogP contribution is -2.37. The predicted octanol–water partition coefficient (Wildman–Crippen LogP) is 2.56. The van der Waals surface area contributed by atoms with Crippen LogP contribution in [0.4, 0.5) is 0 Å².